The van der Waals surface area contributed by atoms with Crippen molar-refractivity contribution >= 4 is 40.7 Å². The predicted octanol–water partition coefficient (Wildman–Crippen LogP) is 2.67. The Labute approximate surface area is 161 Å². The van der Waals surface area contributed by atoms with Crippen molar-refractivity contribution in [2.75, 3.05) is 6.61 Å². The van der Waals surface area contributed by atoms with E-state index in [0.717, 1.165) is 11.1 Å². The number of carbonyl (C=O) groups is 2. The molecular weight excluding hydrogens is 374 g/mol. The highest BCUT2D eigenvalue weighted by Crippen LogP contribution is 2.21. The van der Waals surface area contributed by atoms with E-state index in [0.29, 0.717) is 16.3 Å². The quantitative estimate of drug-likeness (QED) is 0.551. The van der Waals surface area contributed by atoms with Crippen LogP contribution in [-0.4, -0.2) is 23.5 Å². The number of hydrazine groups is 1. The highest BCUT2D eigenvalue weighted by molar-refractivity contribution is 7.80. The lowest BCUT2D eigenvalue weighted by Gasteiger charge is -2.13. The summed E-state index contributed by atoms with van der Waals surface area (Å²) in [5.74, 6) is -0.255. The maximum atomic E-state index is 12.1. The number of ether oxygens (including phenoxy) is 1. The van der Waals surface area contributed by atoms with Gasteiger partial charge in [-0.05, 0) is 61.5 Å². The molecule has 0 aliphatic carbocycles. The minimum atomic E-state index is -0.452. The lowest BCUT2D eigenvalue weighted by molar-refractivity contribution is -0.123. The SMILES string of the molecule is Cc1cc(Cl)ccc1OCC(=O)NNC(=S)NC(=O)c1ccccc1C. The van der Waals surface area contributed by atoms with E-state index in [2.05, 4.69) is 16.2 Å². The number of benzene rings is 2. The first-order chi connectivity index (χ1) is 12.4. The normalized spacial score (nSPS) is 9.96. The number of rotatable bonds is 4. The standard InChI is InChI=1S/C18H18ClN3O3S/c1-11-5-3-4-6-14(11)17(24)20-18(26)22-21-16(23)10-25-15-8-7-13(19)9-12(15)2/h3-9H,10H2,1-2H3,(H,21,23)(H2,20,22,24,26). The van der Waals surface area contributed by atoms with Gasteiger partial charge in [0.1, 0.15) is 5.75 Å². The molecule has 0 aromatic heterocycles. The van der Waals surface area contributed by atoms with Gasteiger partial charge < -0.3 is 4.74 Å². The number of thiocarbonyl (C=S) groups is 1. The van der Waals surface area contributed by atoms with Crippen LogP contribution in [0.15, 0.2) is 42.5 Å². The number of hydrogen-bond donors (Lipinski definition) is 3. The molecule has 0 aliphatic heterocycles. The largest absolute Gasteiger partial charge is 0.483 e. The topological polar surface area (TPSA) is 79.5 Å². The summed E-state index contributed by atoms with van der Waals surface area (Å²) >= 11 is 10.9. The molecule has 26 heavy (non-hydrogen) atoms. The molecule has 2 amide bonds. The van der Waals surface area contributed by atoms with Gasteiger partial charge in [-0.2, -0.15) is 0 Å². The third kappa shape index (κ3) is 5.72. The lowest BCUT2D eigenvalue weighted by atomic mass is 10.1. The monoisotopic (exact) mass is 391 g/mol. The Morgan fingerprint density at radius 1 is 1.08 bits per heavy atom. The van der Waals surface area contributed by atoms with Gasteiger partial charge in [0.2, 0.25) is 0 Å². The van der Waals surface area contributed by atoms with Crippen LogP contribution in [0.1, 0.15) is 21.5 Å². The molecule has 0 radical (unpaired) electrons. The van der Waals surface area contributed by atoms with Crippen molar-refractivity contribution in [3.05, 3.63) is 64.2 Å². The average molecular weight is 392 g/mol. The van der Waals surface area contributed by atoms with Crippen LogP contribution in [-0.2, 0) is 4.79 Å². The number of aryl methyl sites for hydroxylation is 2. The Morgan fingerprint density at radius 3 is 2.50 bits per heavy atom. The molecule has 0 aliphatic rings. The first-order valence-corrected chi connectivity index (χ1v) is 8.50. The van der Waals surface area contributed by atoms with E-state index in [1.807, 2.05) is 26.0 Å². The molecule has 136 valence electrons. The first kappa shape index (κ1) is 19.7. The molecule has 0 heterocycles. The predicted molar refractivity (Wildman–Crippen MR) is 104 cm³/mol. The molecule has 2 rings (SSSR count). The van der Waals surface area contributed by atoms with Gasteiger partial charge in [0, 0.05) is 10.6 Å². The van der Waals surface area contributed by atoms with Crippen LogP contribution in [0.2, 0.25) is 5.02 Å². The molecular formula is C18H18ClN3O3S. The van der Waals surface area contributed by atoms with Crippen molar-refractivity contribution in [2.24, 2.45) is 0 Å². The molecule has 2 aromatic rings. The van der Waals surface area contributed by atoms with E-state index >= 15 is 0 Å². The van der Waals surface area contributed by atoms with Crippen molar-refractivity contribution in [2.45, 2.75) is 13.8 Å². The number of amides is 2. The molecule has 8 heteroatoms. The highest BCUT2D eigenvalue weighted by Gasteiger charge is 2.11. The molecule has 0 fully saturated rings. The molecule has 0 saturated carbocycles. The Balaban J connectivity index is 1.77. The number of carbonyl (C=O) groups excluding carboxylic acids is 2. The van der Waals surface area contributed by atoms with Crippen LogP contribution >= 0.6 is 23.8 Å². The summed E-state index contributed by atoms with van der Waals surface area (Å²) in [4.78, 5) is 23.9. The maximum absolute atomic E-state index is 12.1. The van der Waals surface area contributed by atoms with Crippen LogP contribution in [0.25, 0.3) is 0 Å². The minimum absolute atomic E-state index is 0.0192. The first-order valence-electron chi connectivity index (χ1n) is 7.71. The van der Waals surface area contributed by atoms with Crippen LogP contribution in [0, 0.1) is 13.8 Å². The molecule has 6 nitrogen and oxygen atoms in total. The second-order valence-corrected chi connectivity index (χ2v) is 6.31. The van der Waals surface area contributed by atoms with Gasteiger partial charge in [0.15, 0.2) is 11.7 Å². The van der Waals surface area contributed by atoms with Gasteiger partial charge in [-0.3, -0.25) is 25.8 Å². The van der Waals surface area contributed by atoms with Crippen molar-refractivity contribution < 1.29 is 14.3 Å². The van der Waals surface area contributed by atoms with E-state index < -0.39 is 5.91 Å². The van der Waals surface area contributed by atoms with E-state index in [1.54, 1.807) is 30.3 Å². The Hall–Kier alpha value is -2.64. The van der Waals surface area contributed by atoms with Crippen molar-refractivity contribution in [3.63, 3.8) is 0 Å². The lowest BCUT2D eigenvalue weighted by Crippen LogP contribution is -2.49. The third-order valence-corrected chi connectivity index (χ3v) is 3.87. The Bertz CT molecular complexity index is 842. The zero-order valence-corrected chi connectivity index (χ0v) is 15.8. The number of nitrogens with one attached hydrogen (secondary N) is 3. The third-order valence-electron chi connectivity index (χ3n) is 3.43. The number of halogens is 1. The summed E-state index contributed by atoms with van der Waals surface area (Å²) in [7, 11) is 0. The summed E-state index contributed by atoms with van der Waals surface area (Å²) in [5, 5.41) is 3.07. The Morgan fingerprint density at radius 2 is 1.81 bits per heavy atom. The summed E-state index contributed by atoms with van der Waals surface area (Å²) in [6, 6.07) is 12.2. The summed E-state index contributed by atoms with van der Waals surface area (Å²) in [6.45, 7) is 3.43. The fourth-order valence-corrected chi connectivity index (χ4v) is 2.48. The fourth-order valence-electron chi connectivity index (χ4n) is 2.11. The molecule has 0 bridgehead atoms. The van der Waals surface area contributed by atoms with E-state index in [-0.39, 0.29) is 17.6 Å². The minimum Gasteiger partial charge on any atom is -0.483 e. The van der Waals surface area contributed by atoms with Crippen LogP contribution in [0.4, 0.5) is 0 Å². The molecule has 0 unspecified atom stereocenters. The molecule has 0 spiro atoms. The highest BCUT2D eigenvalue weighted by atomic mass is 35.5. The van der Waals surface area contributed by atoms with Gasteiger partial charge in [0.25, 0.3) is 11.8 Å². The molecule has 2 aromatic carbocycles. The fraction of sp³-hybridized carbons (Fsp3) is 0.167. The second-order valence-electron chi connectivity index (χ2n) is 5.47. The van der Waals surface area contributed by atoms with Gasteiger partial charge in [-0.15, -0.1) is 0 Å². The smallest absolute Gasteiger partial charge is 0.276 e. The summed E-state index contributed by atoms with van der Waals surface area (Å²) in [5.41, 5.74) is 6.97. The van der Waals surface area contributed by atoms with Crippen molar-refractivity contribution in [3.8, 4) is 5.75 Å². The molecule has 0 atom stereocenters. The zero-order valence-electron chi connectivity index (χ0n) is 14.3. The van der Waals surface area contributed by atoms with E-state index in [4.69, 9.17) is 28.6 Å². The van der Waals surface area contributed by atoms with Gasteiger partial charge in [-0.25, -0.2) is 0 Å². The van der Waals surface area contributed by atoms with Crippen LogP contribution in [0.3, 0.4) is 0 Å². The summed E-state index contributed by atoms with van der Waals surface area (Å²) < 4.78 is 5.41. The maximum Gasteiger partial charge on any atom is 0.276 e. The van der Waals surface area contributed by atoms with Crippen LogP contribution < -0.4 is 20.9 Å². The van der Waals surface area contributed by atoms with Crippen molar-refractivity contribution in [1.82, 2.24) is 16.2 Å². The van der Waals surface area contributed by atoms with E-state index in [9.17, 15) is 9.59 Å². The summed E-state index contributed by atoms with van der Waals surface area (Å²) in [6.07, 6.45) is 0. The van der Waals surface area contributed by atoms with Crippen LogP contribution in [0.5, 0.6) is 5.75 Å². The zero-order chi connectivity index (χ0) is 19.1. The molecule has 0 saturated heterocycles. The number of hydrogen-bond acceptors (Lipinski definition) is 4. The molecule has 3 N–H and O–H groups in total. The Kier molecular flexibility index (Phi) is 6.94. The van der Waals surface area contributed by atoms with Gasteiger partial charge >= 0.3 is 0 Å². The average Bonchev–Trinajstić information content (AvgIpc) is 2.59. The van der Waals surface area contributed by atoms with Gasteiger partial charge in [0.05, 0.1) is 0 Å². The van der Waals surface area contributed by atoms with Crippen molar-refractivity contribution in [1.29, 1.82) is 0 Å². The van der Waals surface area contributed by atoms with Gasteiger partial charge in [-0.1, -0.05) is 29.8 Å². The second kappa shape index (κ2) is 9.17. The van der Waals surface area contributed by atoms with E-state index in [1.165, 1.54) is 0 Å².